The highest BCUT2D eigenvalue weighted by atomic mass is 79.9. The molecular weight excluding hydrogens is 378 g/mol. The summed E-state index contributed by atoms with van der Waals surface area (Å²) in [6, 6.07) is 9.34. The molecule has 1 fully saturated rings. The van der Waals surface area contributed by atoms with Crippen molar-refractivity contribution in [1.82, 2.24) is 9.97 Å². The first-order valence-corrected chi connectivity index (χ1v) is 8.98. The van der Waals surface area contributed by atoms with Crippen LogP contribution < -0.4 is 5.32 Å². The molecule has 1 aromatic carbocycles. The van der Waals surface area contributed by atoms with E-state index in [9.17, 15) is 4.79 Å². The third kappa shape index (κ3) is 3.04. The van der Waals surface area contributed by atoms with Crippen molar-refractivity contribution in [2.45, 2.75) is 18.9 Å². The number of nitrogens with zero attached hydrogens (tertiary/aromatic N) is 1. The molecule has 23 heavy (non-hydrogen) atoms. The number of fused-ring (bicyclic) bond motifs is 1. The van der Waals surface area contributed by atoms with Crippen molar-refractivity contribution in [1.29, 1.82) is 0 Å². The van der Waals surface area contributed by atoms with Crippen molar-refractivity contribution >= 4 is 49.9 Å². The number of nitrogens with one attached hydrogen (secondary N) is 2. The van der Waals surface area contributed by atoms with Gasteiger partial charge in [-0.15, -0.1) is 11.3 Å². The minimum Gasteiger partial charge on any atom is -0.370 e. The van der Waals surface area contributed by atoms with E-state index in [1.165, 1.54) is 11.3 Å². The first kappa shape index (κ1) is 14.9. The molecule has 118 valence electrons. The molecule has 7 heteroatoms. The maximum absolute atomic E-state index is 12.2. The van der Waals surface area contributed by atoms with Crippen molar-refractivity contribution in [2.75, 3.05) is 11.9 Å². The van der Waals surface area contributed by atoms with E-state index in [1.54, 1.807) is 6.07 Å². The van der Waals surface area contributed by atoms with Gasteiger partial charge in [0.25, 0.3) is 5.91 Å². The maximum atomic E-state index is 12.2. The largest absolute Gasteiger partial charge is 0.370 e. The summed E-state index contributed by atoms with van der Waals surface area (Å²) < 4.78 is 6.59. The summed E-state index contributed by atoms with van der Waals surface area (Å²) in [5, 5.41) is 2.91. The van der Waals surface area contributed by atoms with E-state index in [0.717, 1.165) is 45.8 Å². The SMILES string of the molecule is O=C(Nc1ccc2nc(C3CCCO3)[nH]c2c1)c1ccc(Br)s1. The van der Waals surface area contributed by atoms with Crippen LogP contribution in [-0.2, 0) is 4.74 Å². The fraction of sp³-hybridized carbons (Fsp3) is 0.250. The molecular formula is C16H14BrN3O2S. The second-order valence-corrected chi connectivity index (χ2v) is 7.88. The first-order chi connectivity index (χ1) is 11.2. The standard InChI is InChI=1S/C16H14BrN3O2S/c17-14-6-5-13(23-14)16(21)18-9-3-4-10-11(8-9)20-15(19-10)12-2-1-7-22-12/h3-6,8,12H,1-2,7H2,(H,18,21)(H,19,20). The zero-order valence-electron chi connectivity index (χ0n) is 12.1. The van der Waals surface area contributed by atoms with Gasteiger partial charge < -0.3 is 15.0 Å². The minimum atomic E-state index is -0.112. The molecule has 4 rings (SSSR count). The molecule has 0 saturated carbocycles. The van der Waals surface area contributed by atoms with Crippen molar-refractivity contribution < 1.29 is 9.53 Å². The normalized spacial score (nSPS) is 17.7. The average molecular weight is 392 g/mol. The van der Waals surface area contributed by atoms with Gasteiger partial charge in [-0.3, -0.25) is 4.79 Å². The molecule has 1 atom stereocenters. The highest BCUT2D eigenvalue weighted by molar-refractivity contribution is 9.11. The lowest BCUT2D eigenvalue weighted by molar-refractivity contribution is 0.103. The molecule has 5 nitrogen and oxygen atoms in total. The van der Waals surface area contributed by atoms with Gasteiger partial charge in [-0.05, 0) is 59.1 Å². The smallest absolute Gasteiger partial charge is 0.265 e. The number of hydrogen-bond donors (Lipinski definition) is 2. The second kappa shape index (κ2) is 6.07. The Bertz CT molecular complexity index is 867. The quantitative estimate of drug-likeness (QED) is 0.690. The zero-order valence-corrected chi connectivity index (χ0v) is 14.5. The topological polar surface area (TPSA) is 67.0 Å². The van der Waals surface area contributed by atoms with Crippen molar-refractivity contribution in [3.05, 3.63) is 44.8 Å². The number of H-pyrrole nitrogens is 1. The number of imidazole rings is 1. The number of carbonyl (C=O) groups excluding carboxylic acids is 1. The van der Waals surface area contributed by atoms with Crippen molar-refractivity contribution in [2.24, 2.45) is 0 Å². The zero-order chi connectivity index (χ0) is 15.8. The van der Waals surface area contributed by atoms with Gasteiger partial charge in [0, 0.05) is 12.3 Å². The summed E-state index contributed by atoms with van der Waals surface area (Å²) in [4.78, 5) is 20.8. The van der Waals surface area contributed by atoms with Crippen LogP contribution in [0.25, 0.3) is 11.0 Å². The molecule has 0 spiro atoms. The van der Waals surface area contributed by atoms with Gasteiger partial charge in [-0.25, -0.2) is 4.98 Å². The summed E-state index contributed by atoms with van der Waals surface area (Å²) in [5.41, 5.74) is 2.53. The van der Waals surface area contributed by atoms with Crippen LogP contribution in [0.4, 0.5) is 5.69 Å². The number of rotatable bonds is 3. The molecule has 3 heterocycles. The fourth-order valence-electron chi connectivity index (χ4n) is 2.68. The number of hydrogen-bond acceptors (Lipinski definition) is 4. The predicted molar refractivity (Wildman–Crippen MR) is 94.0 cm³/mol. The Morgan fingerprint density at radius 2 is 2.30 bits per heavy atom. The highest BCUT2D eigenvalue weighted by Gasteiger charge is 2.21. The Balaban J connectivity index is 1.57. The van der Waals surface area contributed by atoms with Gasteiger partial charge in [0.15, 0.2) is 0 Å². The van der Waals surface area contributed by atoms with Crippen LogP contribution in [0.2, 0.25) is 0 Å². The molecule has 0 bridgehead atoms. The van der Waals surface area contributed by atoms with E-state index < -0.39 is 0 Å². The van der Waals surface area contributed by atoms with Crippen LogP contribution >= 0.6 is 27.3 Å². The summed E-state index contributed by atoms with van der Waals surface area (Å²) in [7, 11) is 0. The lowest BCUT2D eigenvalue weighted by Crippen LogP contribution is -2.09. The van der Waals surface area contributed by atoms with Gasteiger partial charge >= 0.3 is 0 Å². The second-order valence-electron chi connectivity index (χ2n) is 5.41. The molecule has 1 amide bonds. The number of anilines is 1. The van der Waals surface area contributed by atoms with Crippen LogP contribution in [0, 0.1) is 0 Å². The lowest BCUT2D eigenvalue weighted by atomic mass is 10.2. The summed E-state index contributed by atoms with van der Waals surface area (Å²) in [6.07, 6.45) is 2.12. The third-order valence-electron chi connectivity index (χ3n) is 3.79. The lowest BCUT2D eigenvalue weighted by Gasteiger charge is -2.03. The van der Waals surface area contributed by atoms with Crippen LogP contribution in [0.1, 0.15) is 34.4 Å². The number of thiophene rings is 1. The molecule has 1 unspecified atom stereocenters. The average Bonchev–Trinajstić information content (AvgIpc) is 3.26. The molecule has 1 aliphatic heterocycles. The van der Waals surface area contributed by atoms with Crippen LogP contribution in [0.5, 0.6) is 0 Å². The Morgan fingerprint density at radius 3 is 3.04 bits per heavy atom. The van der Waals surface area contributed by atoms with Gasteiger partial charge in [0.1, 0.15) is 11.9 Å². The maximum Gasteiger partial charge on any atom is 0.265 e. The Kier molecular flexibility index (Phi) is 3.92. The molecule has 3 aromatic rings. The Morgan fingerprint density at radius 1 is 1.39 bits per heavy atom. The molecule has 2 aromatic heterocycles. The molecule has 0 radical (unpaired) electrons. The van der Waals surface area contributed by atoms with E-state index in [4.69, 9.17) is 4.74 Å². The molecule has 2 N–H and O–H groups in total. The fourth-order valence-corrected chi connectivity index (χ4v) is 3.96. The van der Waals surface area contributed by atoms with E-state index in [-0.39, 0.29) is 12.0 Å². The van der Waals surface area contributed by atoms with Crippen molar-refractivity contribution in [3.8, 4) is 0 Å². The molecule has 0 aliphatic carbocycles. The Labute approximate surface area is 145 Å². The predicted octanol–water partition coefficient (Wildman–Crippen LogP) is 4.49. The summed E-state index contributed by atoms with van der Waals surface area (Å²) >= 11 is 4.77. The van der Waals surface area contributed by atoms with E-state index >= 15 is 0 Å². The number of aromatic amines is 1. The minimum absolute atomic E-state index is 0.0592. The molecule has 1 saturated heterocycles. The van der Waals surface area contributed by atoms with E-state index in [1.807, 2.05) is 24.3 Å². The first-order valence-electron chi connectivity index (χ1n) is 7.37. The van der Waals surface area contributed by atoms with Gasteiger partial charge in [0.05, 0.1) is 19.7 Å². The number of benzene rings is 1. The number of amides is 1. The van der Waals surface area contributed by atoms with Crippen LogP contribution in [-0.4, -0.2) is 22.5 Å². The number of ether oxygens (including phenoxy) is 1. The molecule has 1 aliphatic rings. The monoisotopic (exact) mass is 391 g/mol. The summed E-state index contributed by atoms with van der Waals surface area (Å²) in [5.74, 6) is 0.752. The Hall–Kier alpha value is -1.70. The van der Waals surface area contributed by atoms with E-state index in [2.05, 4.69) is 31.2 Å². The van der Waals surface area contributed by atoms with Gasteiger partial charge in [-0.2, -0.15) is 0 Å². The van der Waals surface area contributed by atoms with Gasteiger partial charge in [-0.1, -0.05) is 0 Å². The van der Waals surface area contributed by atoms with E-state index in [0.29, 0.717) is 4.88 Å². The third-order valence-corrected chi connectivity index (χ3v) is 5.41. The number of aromatic nitrogens is 2. The van der Waals surface area contributed by atoms with Crippen molar-refractivity contribution in [3.63, 3.8) is 0 Å². The van der Waals surface area contributed by atoms with Crippen LogP contribution in [0.15, 0.2) is 34.1 Å². The number of halogens is 1. The summed E-state index contributed by atoms with van der Waals surface area (Å²) in [6.45, 7) is 0.791. The highest BCUT2D eigenvalue weighted by Crippen LogP contribution is 2.29. The van der Waals surface area contributed by atoms with Crippen LogP contribution in [0.3, 0.4) is 0 Å². The van der Waals surface area contributed by atoms with Gasteiger partial charge in [0.2, 0.25) is 0 Å². The number of carbonyl (C=O) groups is 1.